The van der Waals surface area contributed by atoms with Gasteiger partial charge in [0.15, 0.2) is 11.6 Å². The van der Waals surface area contributed by atoms with Crippen molar-refractivity contribution in [2.75, 3.05) is 5.32 Å². The molecule has 3 aromatic rings. The number of hydrogen-bond acceptors (Lipinski definition) is 3. The Hall–Kier alpha value is -2.34. The van der Waals surface area contributed by atoms with Crippen LogP contribution in [0.25, 0.3) is 11.0 Å². The maximum absolute atomic E-state index is 13.7. The number of benzene rings is 2. The van der Waals surface area contributed by atoms with Gasteiger partial charge in [0, 0.05) is 6.07 Å². The fourth-order valence-electron chi connectivity index (χ4n) is 1.97. The fourth-order valence-corrected chi connectivity index (χ4v) is 2.11. The van der Waals surface area contributed by atoms with Crippen LogP contribution in [0, 0.1) is 17.5 Å². The van der Waals surface area contributed by atoms with Crippen molar-refractivity contribution in [1.29, 1.82) is 0 Å². The zero-order valence-electron chi connectivity index (χ0n) is 11.1. The average Bonchev–Trinajstić information content (AvgIpc) is 2.55. The molecule has 0 unspecified atom stereocenters. The Kier molecular flexibility index (Phi) is 3.85. The fraction of sp³-hybridized carbons (Fsp3) is 0.0667. The summed E-state index contributed by atoms with van der Waals surface area (Å²) < 4.78 is 40.4. The van der Waals surface area contributed by atoms with Crippen LogP contribution < -0.4 is 5.32 Å². The van der Waals surface area contributed by atoms with Crippen LogP contribution in [0.3, 0.4) is 0 Å². The second-order valence-corrected chi connectivity index (χ2v) is 4.93. The lowest BCUT2D eigenvalue weighted by molar-refractivity contribution is 0.498. The van der Waals surface area contributed by atoms with E-state index >= 15 is 0 Å². The van der Waals surface area contributed by atoms with Crippen molar-refractivity contribution >= 4 is 28.3 Å². The minimum absolute atomic E-state index is 0.0647. The summed E-state index contributed by atoms with van der Waals surface area (Å²) in [7, 11) is 0. The highest BCUT2D eigenvalue weighted by Crippen LogP contribution is 2.27. The molecule has 1 N–H and O–H groups in total. The predicted molar refractivity (Wildman–Crippen MR) is 78.2 cm³/mol. The summed E-state index contributed by atoms with van der Waals surface area (Å²) in [4.78, 5) is 8.52. The third-order valence-electron chi connectivity index (χ3n) is 3.06. The Bertz CT molecular complexity index is 855. The molecule has 0 radical (unpaired) electrons. The van der Waals surface area contributed by atoms with Gasteiger partial charge in [-0.15, -0.1) is 0 Å². The first-order valence-electron chi connectivity index (χ1n) is 6.34. The van der Waals surface area contributed by atoms with Gasteiger partial charge in [0.1, 0.15) is 10.8 Å². The van der Waals surface area contributed by atoms with Crippen molar-refractivity contribution in [1.82, 2.24) is 9.97 Å². The van der Waals surface area contributed by atoms with E-state index in [-0.39, 0.29) is 12.2 Å². The number of aromatic nitrogens is 2. The number of hydrogen-bond donors (Lipinski definition) is 1. The van der Waals surface area contributed by atoms with Crippen LogP contribution in [0.15, 0.2) is 36.5 Å². The molecule has 0 aliphatic heterocycles. The molecular formula is C15H9ClF3N3. The van der Waals surface area contributed by atoms with Crippen molar-refractivity contribution in [2.24, 2.45) is 0 Å². The van der Waals surface area contributed by atoms with Crippen LogP contribution in [-0.4, -0.2) is 9.97 Å². The quantitative estimate of drug-likeness (QED) is 0.576. The van der Waals surface area contributed by atoms with Crippen molar-refractivity contribution in [3.8, 4) is 0 Å². The summed E-state index contributed by atoms with van der Waals surface area (Å²) in [5, 5.41) is 1.72. The molecule has 22 heavy (non-hydrogen) atoms. The Balaban J connectivity index is 1.85. The van der Waals surface area contributed by atoms with Gasteiger partial charge in [-0.3, -0.25) is 4.98 Å². The van der Waals surface area contributed by atoms with Gasteiger partial charge in [-0.05, 0) is 12.1 Å². The van der Waals surface area contributed by atoms with E-state index in [4.69, 9.17) is 11.6 Å². The monoisotopic (exact) mass is 323 g/mol. The van der Waals surface area contributed by atoms with E-state index in [1.807, 2.05) is 18.2 Å². The van der Waals surface area contributed by atoms with E-state index in [0.29, 0.717) is 11.2 Å². The van der Waals surface area contributed by atoms with E-state index in [2.05, 4.69) is 15.3 Å². The standard InChI is InChI=1S/C15H9ClF3N3/c16-13-9(17)5-12(14(18)15(13)19)21-7-8-6-20-10-3-1-2-4-11(10)22-8/h1-6,21H,7H2. The van der Waals surface area contributed by atoms with Crippen LogP contribution in [0.4, 0.5) is 18.9 Å². The van der Waals surface area contributed by atoms with Gasteiger partial charge < -0.3 is 5.32 Å². The molecule has 3 rings (SSSR count). The van der Waals surface area contributed by atoms with Gasteiger partial charge in [-0.2, -0.15) is 0 Å². The van der Waals surface area contributed by atoms with Gasteiger partial charge in [-0.1, -0.05) is 23.7 Å². The highest BCUT2D eigenvalue weighted by atomic mass is 35.5. The molecule has 112 valence electrons. The van der Waals surface area contributed by atoms with Gasteiger partial charge in [0.25, 0.3) is 0 Å². The Morgan fingerprint density at radius 1 is 1.05 bits per heavy atom. The Morgan fingerprint density at radius 3 is 2.55 bits per heavy atom. The molecular weight excluding hydrogens is 315 g/mol. The van der Waals surface area contributed by atoms with Crippen molar-refractivity contribution in [3.63, 3.8) is 0 Å². The number of halogens is 4. The number of rotatable bonds is 3. The molecule has 1 aromatic heterocycles. The van der Waals surface area contributed by atoms with Crippen LogP contribution in [0.1, 0.15) is 5.69 Å². The van der Waals surface area contributed by atoms with Crippen molar-refractivity contribution < 1.29 is 13.2 Å². The van der Waals surface area contributed by atoms with Gasteiger partial charge in [-0.25, -0.2) is 18.2 Å². The zero-order valence-corrected chi connectivity index (χ0v) is 11.8. The molecule has 0 saturated heterocycles. The minimum atomic E-state index is -1.42. The highest BCUT2D eigenvalue weighted by Gasteiger charge is 2.17. The number of para-hydroxylation sites is 2. The van der Waals surface area contributed by atoms with Crippen LogP contribution in [0.2, 0.25) is 5.02 Å². The predicted octanol–water partition coefficient (Wildman–Crippen LogP) is 4.31. The number of anilines is 1. The molecule has 3 nitrogen and oxygen atoms in total. The van der Waals surface area contributed by atoms with Crippen molar-refractivity contribution in [3.05, 3.63) is 64.7 Å². The van der Waals surface area contributed by atoms with Crippen LogP contribution in [0.5, 0.6) is 0 Å². The molecule has 0 bridgehead atoms. The zero-order chi connectivity index (χ0) is 15.7. The third kappa shape index (κ3) is 2.69. The first-order chi connectivity index (χ1) is 10.6. The molecule has 0 fully saturated rings. The molecule has 0 saturated carbocycles. The van der Waals surface area contributed by atoms with Crippen molar-refractivity contribution in [2.45, 2.75) is 6.54 Å². The Labute approximate surface area is 128 Å². The molecule has 7 heteroatoms. The van der Waals surface area contributed by atoms with E-state index in [9.17, 15) is 13.2 Å². The summed E-state index contributed by atoms with van der Waals surface area (Å²) in [5.74, 6) is -3.69. The minimum Gasteiger partial charge on any atom is -0.377 e. The van der Waals surface area contributed by atoms with E-state index in [1.165, 1.54) is 6.20 Å². The van der Waals surface area contributed by atoms with E-state index < -0.39 is 22.5 Å². The maximum Gasteiger partial charge on any atom is 0.183 e. The molecule has 1 heterocycles. The molecule has 0 spiro atoms. The number of fused-ring (bicyclic) bond motifs is 1. The smallest absolute Gasteiger partial charge is 0.183 e. The molecule has 0 amide bonds. The average molecular weight is 324 g/mol. The largest absolute Gasteiger partial charge is 0.377 e. The number of nitrogens with zero attached hydrogens (tertiary/aromatic N) is 2. The summed E-state index contributed by atoms with van der Waals surface area (Å²) in [6, 6.07) is 8.05. The third-order valence-corrected chi connectivity index (χ3v) is 3.41. The molecule has 0 aliphatic rings. The molecule has 0 atom stereocenters. The maximum atomic E-state index is 13.7. The van der Waals surface area contributed by atoms with Gasteiger partial charge in [0.05, 0.1) is 35.2 Å². The Morgan fingerprint density at radius 2 is 1.77 bits per heavy atom. The summed E-state index contributed by atoms with van der Waals surface area (Å²) in [5.41, 5.74) is 1.58. The summed E-state index contributed by atoms with van der Waals surface area (Å²) in [6.45, 7) is 0.0647. The topological polar surface area (TPSA) is 37.8 Å². The molecule has 0 aliphatic carbocycles. The van der Waals surface area contributed by atoms with E-state index in [0.717, 1.165) is 11.6 Å². The first-order valence-corrected chi connectivity index (χ1v) is 6.71. The summed E-state index contributed by atoms with van der Waals surface area (Å²) >= 11 is 5.30. The van der Waals surface area contributed by atoms with Gasteiger partial charge in [0.2, 0.25) is 0 Å². The normalized spacial score (nSPS) is 10.9. The second kappa shape index (κ2) is 5.81. The summed E-state index contributed by atoms with van der Waals surface area (Å²) in [6.07, 6.45) is 1.51. The lowest BCUT2D eigenvalue weighted by Crippen LogP contribution is -2.06. The van der Waals surface area contributed by atoms with Crippen LogP contribution >= 0.6 is 11.6 Å². The highest BCUT2D eigenvalue weighted by molar-refractivity contribution is 6.31. The number of nitrogens with one attached hydrogen (secondary N) is 1. The first kappa shape index (κ1) is 14.6. The SMILES string of the molecule is Fc1cc(NCc2cnc3ccccc3n2)c(F)c(F)c1Cl. The lowest BCUT2D eigenvalue weighted by Gasteiger charge is -2.09. The lowest BCUT2D eigenvalue weighted by atomic mass is 10.2. The molecule has 2 aromatic carbocycles. The second-order valence-electron chi connectivity index (χ2n) is 4.55. The van der Waals surface area contributed by atoms with Gasteiger partial charge >= 0.3 is 0 Å². The van der Waals surface area contributed by atoms with E-state index in [1.54, 1.807) is 6.07 Å². The van der Waals surface area contributed by atoms with Crippen LogP contribution in [-0.2, 0) is 6.54 Å².